The van der Waals surface area contributed by atoms with Gasteiger partial charge in [0.05, 0.1) is 11.3 Å². The zero-order valence-electron chi connectivity index (χ0n) is 17.4. The predicted octanol–water partition coefficient (Wildman–Crippen LogP) is 7.06. The number of hydrogen-bond acceptors (Lipinski definition) is 3. The molecule has 0 aliphatic heterocycles. The van der Waals surface area contributed by atoms with Crippen molar-refractivity contribution in [3.63, 3.8) is 0 Å². The van der Waals surface area contributed by atoms with E-state index in [1.165, 1.54) is 23.5 Å². The Kier molecular flexibility index (Phi) is 7.19. The molecule has 3 aromatic rings. The number of thiophene rings is 1. The zero-order valence-corrected chi connectivity index (χ0v) is 18.2. The minimum atomic E-state index is -4.51. The van der Waals surface area contributed by atoms with E-state index in [0.717, 1.165) is 17.7 Å². The molecule has 1 aromatic heterocycles. The number of urea groups is 1. The maximum absolute atomic E-state index is 12.9. The van der Waals surface area contributed by atoms with Gasteiger partial charge in [0.25, 0.3) is 0 Å². The van der Waals surface area contributed by atoms with Gasteiger partial charge in [0.2, 0.25) is 5.91 Å². The lowest BCUT2D eigenvalue weighted by molar-refractivity contribution is -0.137. The normalized spacial score (nSPS) is 11.3. The summed E-state index contributed by atoms with van der Waals surface area (Å²) >= 11 is 1.49. The number of alkyl halides is 3. The summed E-state index contributed by atoms with van der Waals surface area (Å²) in [6.07, 6.45) is -4.16. The van der Waals surface area contributed by atoms with Gasteiger partial charge < -0.3 is 16.0 Å². The topological polar surface area (TPSA) is 70.2 Å². The Morgan fingerprint density at radius 2 is 1.72 bits per heavy atom. The van der Waals surface area contributed by atoms with Crippen LogP contribution in [0, 0.1) is 5.92 Å². The summed E-state index contributed by atoms with van der Waals surface area (Å²) < 4.78 is 38.8. The van der Waals surface area contributed by atoms with Gasteiger partial charge in [-0.05, 0) is 58.6 Å². The number of anilines is 3. The van der Waals surface area contributed by atoms with Crippen LogP contribution >= 0.6 is 11.3 Å². The minimum absolute atomic E-state index is 0.01000. The molecule has 0 spiro atoms. The second-order valence-electron chi connectivity index (χ2n) is 7.58. The Labute approximate surface area is 187 Å². The number of hydrogen-bond donors (Lipinski definition) is 3. The van der Waals surface area contributed by atoms with Crippen molar-refractivity contribution in [3.8, 4) is 11.1 Å². The molecule has 0 atom stereocenters. The minimum Gasteiger partial charge on any atom is -0.326 e. The first-order valence-corrected chi connectivity index (χ1v) is 10.8. The third kappa shape index (κ3) is 6.34. The molecule has 0 radical (unpaired) electrons. The van der Waals surface area contributed by atoms with Gasteiger partial charge in [0, 0.05) is 23.4 Å². The molecule has 9 heteroatoms. The molecule has 32 heavy (non-hydrogen) atoms. The van der Waals surface area contributed by atoms with Crippen molar-refractivity contribution < 1.29 is 22.8 Å². The molecule has 3 amide bonds. The van der Waals surface area contributed by atoms with Crippen LogP contribution in [0.15, 0.2) is 59.3 Å². The average Bonchev–Trinajstić information content (AvgIpc) is 3.21. The highest BCUT2D eigenvalue weighted by Gasteiger charge is 2.30. The molecule has 3 rings (SSSR count). The maximum Gasteiger partial charge on any atom is 0.416 e. The van der Waals surface area contributed by atoms with E-state index in [1.54, 1.807) is 18.2 Å². The molecule has 0 fully saturated rings. The summed E-state index contributed by atoms with van der Waals surface area (Å²) in [7, 11) is 0. The molecule has 0 unspecified atom stereocenters. The lowest BCUT2D eigenvalue weighted by Gasteiger charge is -2.15. The van der Waals surface area contributed by atoms with Crippen LogP contribution < -0.4 is 16.0 Å². The first kappa shape index (κ1) is 23.3. The van der Waals surface area contributed by atoms with Crippen molar-refractivity contribution in [1.82, 2.24) is 0 Å². The van der Waals surface area contributed by atoms with Gasteiger partial charge in [-0.25, -0.2) is 4.79 Å². The van der Waals surface area contributed by atoms with Crippen molar-refractivity contribution in [2.75, 3.05) is 16.0 Å². The summed E-state index contributed by atoms with van der Waals surface area (Å²) in [5.74, 6) is 0.0403. The number of halogens is 3. The van der Waals surface area contributed by atoms with E-state index in [2.05, 4.69) is 16.0 Å². The molecular weight excluding hydrogens is 439 g/mol. The summed E-state index contributed by atoms with van der Waals surface area (Å²) in [4.78, 5) is 24.7. The Balaban J connectivity index is 1.82. The van der Waals surface area contributed by atoms with Crippen molar-refractivity contribution in [2.24, 2.45) is 5.92 Å². The average molecular weight is 462 g/mol. The van der Waals surface area contributed by atoms with Crippen LogP contribution in [0.25, 0.3) is 11.1 Å². The summed E-state index contributed by atoms with van der Waals surface area (Å²) in [5.41, 5.74) is 1.65. The van der Waals surface area contributed by atoms with E-state index < -0.39 is 17.8 Å². The molecule has 5 nitrogen and oxygen atoms in total. The van der Waals surface area contributed by atoms with Crippen molar-refractivity contribution in [1.29, 1.82) is 0 Å². The highest BCUT2D eigenvalue weighted by Crippen LogP contribution is 2.33. The number of rotatable bonds is 6. The van der Waals surface area contributed by atoms with Crippen LogP contribution in [0.2, 0.25) is 0 Å². The molecule has 0 saturated heterocycles. The SMILES string of the molecule is CC(C)CC(=O)Nc1ccc(-c2ccsc2)c(NC(=O)Nc2cccc(C(F)(F)F)c2)c1. The molecule has 0 bridgehead atoms. The van der Waals surface area contributed by atoms with Gasteiger partial charge in [0.15, 0.2) is 0 Å². The maximum atomic E-state index is 12.9. The first-order valence-electron chi connectivity index (χ1n) is 9.83. The fraction of sp³-hybridized carbons (Fsp3) is 0.217. The molecule has 3 N–H and O–H groups in total. The lowest BCUT2D eigenvalue weighted by Crippen LogP contribution is -2.20. The number of benzene rings is 2. The number of carbonyl (C=O) groups is 2. The lowest BCUT2D eigenvalue weighted by atomic mass is 10.1. The zero-order chi connectivity index (χ0) is 23.3. The summed E-state index contributed by atoms with van der Waals surface area (Å²) in [6, 6.07) is 10.7. The Hall–Kier alpha value is -3.33. The Bertz CT molecular complexity index is 1100. The Morgan fingerprint density at radius 1 is 0.969 bits per heavy atom. The van der Waals surface area contributed by atoms with E-state index in [9.17, 15) is 22.8 Å². The van der Waals surface area contributed by atoms with Gasteiger partial charge in [-0.15, -0.1) is 0 Å². The van der Waals surface area contributed by atoms with E-state index in [0.29, 0.717) is 23.4 Å². The van der Waals surface area contributed by atoms with Crippen LogP contribution in [0.5, 0.6) is 0 Å². The molecule has 0 saturated carbocycles. The van der Waals surface area contributed by atoms with E-state index in [1.807, 2.05) is 30.7 Å². The second-order valence-corrected chi connectivity index (χ2v) is 8.36. The highest BCUT2D eigenvalue weighted by atomic mass is 32.1. The number of nitrogens with one attached hydrogen (secondary N) is 3. The fourth-order valence-corrected chi connectivity index (χ4v) is 3.69. The van der Waals surface area contributed by atoms with Gasteiger partial charge >= 0.3 is 12.2 Å². The van der Waals surface area contributed by atoms with E-state index in [-0.39, 0.29) is 17.5 Å². The smallest absolute Gasteiger partial charge is 0.326 e. The highest BCUT2D eigenvalue weighted by molar-refractivity contribution is 7.08. The quantitative estimate of drug-likeness (QED) is 0.368. The third-order valence-corrected chi connectivity index (χ3v) is 5.11. The van der Waals surface area contributed by atoms with Crippen molar-refractivity contribution in [2.45, 2.75) is 26.4 Å². The van der Waals surface area contributed by atoms with Gasteiger partial charge in [-0.3, -0.25) is 4.79 Å². The van der Waals surface area contributed by atoms with E-state index >= 15 is 0 Å². The number of carbonyl (C=O) groups excluding carboxylic acids is 2. The summed E-state index contributed by atoms with van der Waals surface area (Å²) in [6.45, 7) is 3.87. The molecule has 168 valence electrons. The van der Waals surface area contributed by atoms with Crippen LogP contribution in [0.3, 0.4) is 0 Å². The van der Waals surface area contributed by atoms with Crippen LogP contribution in [0.4, 0.5) is 35.0 Å². The Morgan fingerprint density at radius 3 is 2.38 bits per heavy atom. The number of amides is 3. The molecule has 1 heterocycles. The third-order valence-electron chi connectivity index (χ3n) is 4.43. The van der Waals surface area contributed by atoms with Gasteiger partial charge in [0.1, 0.15) is 0 Å². The van der Waals surface area contributed by atoms with Gasteiger partial charge in [-0.1, -0.05) is 26.0 Å². The predicted molar refractivity (Wildman–Crippen MR) is 122 cm³/mol. The van der Waals surface area contributed by atoms with Crippen LogP contribution in [-0.4, -0.2) is 11.9 Å². The molecule has 2 aromatic carbocycles. The first-order chi connectivity index (χ1) is 15.1. The second kappa shape index (κ2) is 9.86. The standard InChI is InChI=1S/C23H22F3N3O2S/c1-14(2)10-21(30)27-18-6-7-19(15-8-9-32-13-15)20(12-18)29-22(31)28-17-5-3-4-16(11-17)23(24,25)26/h3-9,11-14H,10H2,1-2H3,(H,27,30)(H2,28,29,31). The van der Waals surface area contributed by atoms with Crippen molar-refractivity contribution in [3.05, 3.63) is 64.9 Å². The summed E-state index contributed by atoms with van der Waals surface area (Å²) in [5, 5.41) is 11.7. The van der Waals surface area contributed by atoms with Gasteiger partial charge in [-0.2, -0.15) is 24.5 Å². The van der Waals surface area contributed by atoms with Crippen LogP contribution in [-0.2, 0) is 11.0 Å². The fourth-order valence-electron chi connectivity index (χ4n) is 3.04. The molecule has 0 aliphatic rings. The van der Waals surface area contributed by atoms with Crippen molar-refractivity contribution >= 4 is 40.3 Å². The van der Waals surface area contributed by atoms with E-state index in [4.69, 9.17) is 0 Å². The molecule has 0 aliphatic carbocycles. The molecular formula is C23H22F3N3O2S. The largest absolute Gasteiger partial charge is 0.416 e. The monoisotopic (exact) mass is 461 g/mol. The van der Waals surface area contributed by atoms with Crippen LogP contribution in [0.1, 0.15) is 25.8 Å².